The van der Waals surface area contributed by atoms with Gasteiger partial charge in [0.2, 0.25) is 5.91 Å². The highest BCUT2D eigenvalue weighted by molar-refractivity contribution is 9.10. The van der Waals surface area contributed by atoms with Crippen molar-refractivity contribution < 1.29 is 4.79 Å². The Morgan fingerprint density at radius 1 is 1.57 bits per heavy atom. The number of hydrogen-bond acceptors (Lipinski definition) is 2. The maximum Gasteiger partial charge on any atom is 0.239 e. The van der Waals surface area contributed by atoms with E-state index in [9.17, 15) is 4.79 Å². The van der Waals surface area contributed by atoms with E-state index < -0.39 is 6.04 Å². The van der Waals surface area contributed by atoms with Gasteiger partial charge in [0.1, 0.15) is 6.04 Å². The molecule has 1 aromatic rings. The second-order valence-electron chi connectivity index (χ2n) is 2.91. The zero-order valence-corrected chi connectivity index (χ0v) is 9.54. The summed E-state index contributed by atoms with van der Waals surface area (Å²) in [4.78, 5) is 11.2. The number of amides is 1. The second kappa shape index (κ2) is 5.12. The van der Waals surface area contributed by atoms with Crippen LogP contribution in [0.2, 0.25) is 0 Å². The lowest BCUT2D eigenvalue weighted by atomic mass is 10.1. The van der Waals surface area contributed by atoms with Crippen LogP contribution in [0.4, 0.5) is 0 Å². The Morgan fingerprint density at radius 3 is 2.71 bits per heavy atom. The first-order valence-electron chi connectivity index (χ1n) is 4.44. The molecule has 0 aliphatic carbocycles. The molecule has 3 N–H and O–H groups in total. The highest BCUT2D eigenvalue weighted by Crippen LogP contribution is 2.22. The number of rotatable bonds is 4. The van der Waals surface area contributed by atoms with Gasteiger partial charge in [-0.1, -0.05) is 41.1 Å². The maximum absolute atomic E-state index is 11.2. The van der Waals surface area contributed by atoms with Crippen LogP contribution in [0.3, 0.4) is 0 Å². The Bertz CT molecular complexity index is 328. The standard InChI is InChI=1S/C10H13BrN2O/c1-2-13-9(10(12)14)7-5-3-4-6-8(7)11/h3-6,9,13H,2H2,1H3,(H2,12,14). The fourth-order valence-electron chi connectivity index (χ4n) is 1.28. The van der Waals surface area contributed by atoms with Gasteiger partial charge in [0, 0.05) is 4.47 Å². The molecule has 0 aliphatic heterocycles. The van der Waals surface area contributed by atoms with Gasteiger partial charge < -0.3 is 11.1 Å². The average Bonchev–Trinajstić information content (AvgIpc) is 2.15. The molecule has 1 aromatic carbocycles. The van der Waals surface area contributed by atoms with E-state index in [1.54, 1.807) is 0 Å². The molecule has 0 saturated carbocycles. The van der Waals surface area contributed by atoms with Gasteiger partial charge in [-0.05, 0) is 18.2 Å². The Balaban J connectivity index is 2.99. The number of primary amides is 1. The number of carbonyl (C=O) groups excluding carboxylic acids is 1. The fraction of sp³-hybridized carbons (Fsp3) is 0.300. The van der Waals surface area contributed by atoms with Crippen LogP contribution in [0.25, 0.3) is 0 Å². The largest absolute Gasteiger partial charge is 0.368 e. The summed E-state index contributed by atoms with van der Waals surface area (Å²) in [5.41, 5.74) is 6.18. The zero-order valence-electron chi connectivity index (χ0n) is 7.96. The lowest BCUT2D eigenvalue weighted by molar-refractivity contribution is -0.120. The molecular formula is C10H13BrN2O. The van der Waals surface area contributed by atoms with Crippen molar-refractivity contribution in [3.63, 3.8) is 0 Å². The van der Waals surface area contributed by atoms with Gasteiger partial charge in [-0.15, -0.1) is 0 Å². The van der Waals surface area contributed by atoms with E-state index in [-0.39, 0.29) is 5.91 Å². The Morgan fingerprint density at radius 2 is 2.21 bits per heavy atom. The van der Waals surface area contributed by atoms with Gasteiger partial charge in [0.15, 0.2) is 0 Å². The van der Waals surface area contributed by atoms with Gasteiger partial charge in [0.25, 0.3) is 0 Å². The normalized spacial score (nSPS) is 12.4. The predicted octanol–water partition coefficient (Wildman–Crippen LogP) is 1.58. The van der Waals surface area contributed by atoms with Gasteiger partial charge in [-0.2, -0.15) is 0 Å². The summed E-state index contributed by atoms with van der Waals surface area (Å²) < 4.78 is 0.893. The summed E-state index contributed by atoms with van der Waals surface area (Å²) in [6, 6.07) is 7.13. The molecule has 14 heavy (non-hydrogen) atoms. The Kier molecular flexibility index (Phi) is 4.10. The zero-order chi connectivity index (χ0) is 10.6. The van der Waals surface area contributed by atoms with Crippen LogP contribution >= 0.6 is 15.9 Å². The molecular weight excluding hydrogens is 244 g/mol. The van der Waals surface area contributed by atoms with Crippen molar-refractivity contribution in [2.45, 2.75) is 13.0 Å². The minimum Gasteiger partial charge on any atom is -0.368 e. The van der Waals surface area contributed by atoms with E-state index >= 15 is 0 Å². The third-order valence-electron chi connectivity index (χ3n) is 1.91. The Hall–Kier alpha value is -0.870. The van der Waals surface area contributed by atoms with Crippen molar-refractivity contribution in [3.05, 3.63) is 34.3 Å². The third-order valence-corrected chi connectivity index (χ3v) is 2.63. The number of benzene rings is 1. The summed E-state index contributed by atoms with van der Waals surface area (Å²) in [5.74, 6) is -0.362. The van der Waals surface area contributed by atoms with Gasteiger partial charge in [-0.3, -0.25) is 4.79 Å². The lowest BCUT2D eigenvalue weighted by Crippen LogP contribution is -2.33. The van der Waals surface area contributed by atoms with Crippen molar-refractivity contribution in [1.82, 2.24) is 5.32 Å². The van der Waals surface area contributed by atoms with E-state index in [1.165, 1.54) is 0 Å². The van der Waals surface area contributed by atoms with Crippen LogP contribution in [0.15, 0.2) is 28.7 Å². The summed E-state index contributed by atoms with van der Waals surface area (Å²) in [6.07, 6.45) is 0. The summed E-state index contributed by atoms with van der Waals surface area (Å²) >= 11 is 3.39. The first-order chi connectivity index (χ1) is 6.66. The number of halogens is 1. The van der Waals surface area contributed by atoms with Gasteiger partial charge >= 0.3 is 0 Å². The average molecular weight is 257 g/mol. The summed E-state index contributed by atoms with van der Waals surface area (Å²) in [5, 5.41) is 3.03. The molecule has 0 aromatic heterocycles. The van der Waals surface area contributed by atoms with Crippen LogP contribution in [0.1, 0.15) is 18.5 Å². The molecule has 76 valence electrons. The van der Waals surface area contributed by atoms with Crippen molar-refractivity contribution in [2.24, 2.45) is 5.73 Å². The van der Waals surface area contributed by atoms with E-state index in [4.69, 9.17) is 5.73 Å². The van der Waals surface area contributed by atoms with E-state index in [0.29, 0.717) is 6.54 Å². The molecule has 3 nitrogen and oxygen atoms in total. The SMILES string of the molecule is CCNC(C(N)=O)c1ccccc1Br. The van der Waals surface area contributed by atoms with Crippen LogP contribution < -0.4 is 11.1 Å². The fourth-order valence-corrected chi connectivity index (χ4v) is 1.79. The lowest BCUT2D eigenvalue weighted by Gasteiger charge is -2.15. The molecule has 1 atom stereocenters. The monoisotopic (exact) mass is 256 g/mol. The second-order valence-corrected chi connectivity index (χ2v) is 3.77. The van der Waals surface area contributed by atoms with Crippen molar-refractivity contribution >= 4 is 21.8 Å². The number of likely N-dealkylation sites (N-methyl/N-ethyl adjacent to an activating group) is 1. The van der Waals surface area contributed by atoms with Gasteiger partial charge in [0.05, 0.1) is 0 Å². The van der Waals surface area contributed by atoms with Crippen LogP contribution in [0.5, 0.6) is 0 Å². The first-order valence-corrected chi connectivity index (χ1v) is 5.23. The molecule has 1 unspecified atom stereocenters. The van der Waals surface area contributed by atoms with Crippen molar-refractivity contribution in [2.75, 3.05) is 6.54 Å². The number of nitrogens with one attached hydrogen (secondary N) is 1. The number of nitrogens with two attached hydrogens (primary N) is 1. The molecule has 0 radical (unpaired) electrons. The third kappa shape index (κ3) is 2.56. The molecule has 1 amide bonds. The summed E-state index contributed by atoms with van der Waals surface area (Å²) in [7, 11) is 0. The molecule has 0 heterocycles. The first kappa shape index (κ1) is 11.2. The molecule has 4 heteroatoms. The van der Waals surface area contributed by atoms with Crippen molar-refractivity contribution in [1.29, 1.82) is 0 Å². The number of hydrogen-bond donors (Lipinski definition) is 2. The van der Waals surface area contributed by atoms with Crippen LogP contribution in [-0.2, 0) is 4.79 Å². The molecule has 0 saturated heterocycles. The van der Waals surface area contributed by atoms with Crippen LogP contribution in [0, 0.1) is 0 Å². The minimum atomic E-state index is -0.421. The van der Waals surface area contributed by atoms with E-state index in [2.05, 4.69) is 21.2 Å². The minimum absolute atomic E-state index is 0.362. The Labute approximate surface area is 91.8 Å². The van der Waals surface area contributed by atoms with E-state index in [0.717, 1.165) is 10.0 Å². The smallest absolute Gasteiger partial charge is 0.239 e. The quantitative estimate of drug-likeness (QED) is 0.860. The van der Waals surface area contributed by atoms with E-state index in [1.807, 2.05) is 31.2 Å². The molecule has 0 fully saturated rings. The number of carbonyl (C=O) groups is 1. The highest BCUT2D eigenvalue weighted by atomic mass is 79.9. The summed E-state index contributed by atoms with van der Waals surface area (Å²) in [6.45, 7) is 2.64. The molecule has 1 rings (SSSR count). The molecule has 0 spiro atoms. The topological polar surface area (TPSA) is 55.1 Å². The maximum atomic E-state index is 11.2. The molecule has 0 aliphatic rings. The highest BCUT2D eigenvalue weighted by Gasteiger charge is 2.17. The molecule has 0 bridgehead atoms. The van der Waals surface area contributed by atoms with Gasteiger partial charge in [-0.25, -0.2) is 0 Å². The van der Waals surface area contributed by atoms with Crippen LogP contribution in [-0.4, -0.2) is 12.5 Å². The predicted molar refractivity (Wildman–Crippen MR) is 59.8 cm³/mol. The van der Waals surface area contributed by atoms with Crippen molar-refractivity contribution in [3.8, 4) is 0 Å².